The van der Waals surface area contributed by atoms with Crippen LogP contribution in [0, 0.1) is 0 Å². The monoisotopic (exact) mass is 902 g/mol. The molecule has 1 heterocycles. The van der Waals surface area contributed by atoms with E-state index in [-0.39, 0.29) is 12.5 Å². The van der Waals surface area contributed by atoms with E-state index in [1.54, 1.807) is 6.08 Å². The van der Waals surface area contributed by atoms with E-state index in [9.17, 15) is 30.3 Å². The van der Waals surface area contributed by atoms with E-state index in [2.05, 4.69) is 67.8 Å². The summed E-state index contributed by atoms with van der Waals surface area (Å²) in [4.78, 5) is 13.0. The van der Waals surface area contributed by atoms with Crippen molar-refractivity contribution < 1.29 is 39.8 Å². The molecular weight excluding hydrogens is 803 g/mol. The summed E-state index contributed by atoms with van der Waals surface area (Å²) in [6.07, 6.45) is 52.7. The van der Waals surface area contributed by atoms with Crippen molar-refractivity contribution in [3.8, 4) is 0 Å². The molecule has 0 spiro atoms. The Balaban J connectivity index is 2.33. The minimum Gasteiger partial charge on any atom is -0.394 e. The van der Waals surface area contributed by atoms with Crippen molar-refractivity contribution in [1.82, 2.24) is 5.32 Å². The predicted octanol–water partition coefficient (Wildman–Crippen LogP) is 12.3. The van der Waals surface area contributed by atoms with Gasteiger partial charge in [0.05, 0.1) is 25.4 Å². The van der Waals surface area contributed by atoms with Crippen molar-refractivity contribution >= 4 is 5.91 Å². The molecule has 0 radical (unpaired) electrons. The average molecular weight is 902 g/mol. The van der Waals surface area contributed by atoms with Crippen LogP contribution in [0.5, 0.6) is 0 Å². The largest absolute Gasteiger partial charge is 0.394 e. The van der Waals surface area contributed by atoms with Gasteiger partial charge in [0.25, 0.3) is 0 Å². The van der Waals surface area contributed by atoms with E-state index >= 15 is 0 Å². The zero-order valence-corrected chi connectivity index (χ0v) is 41.0. The quantitative estimate of drug-likeness (QED) is 0.0201. The Labute approximate surface area is 392 Å². The number of rotatable bonds is 44. The highest BCUT2D eigenvalue weighted by atomic mass is 16.7. The summed E-state index contributed by atoms with van der Waals surface area (Å²) in [7, 11) is 0. The smallest absolute Gasteiger partial charge is 0.220 e. The van der Waals surface area contributed by atoms with E-state index in [1.165, 1.54) is 154 Å². The molecule has 1 fully saturated rings. The molecule has 1 rings (SSSR count). The molecule has 1 amide bonds. The van der Waals surface area contributed by atoms with Gasteiger partial charge in [-0.25, -0.2) is 0 Å². The third-order valence-electron chi connectivity index (χ3n) is 12.3. The molecule has 0 aromatic heterocycles. The van der Waals surface area contributed by atoms with Gasteiger partial charge in [0.15, 0.2) is 6.29 Å². The van der Waals surface area contributed by atoms with Gasteiger partial charge in [0.1, 0.15) is 24.4 Å². The van der Waals surface area contributed by atoms with Gasteiger partial charge in [0, 0.05) is 6.42 Å². The van der Waals surface area contributed by atoms with Crippen molar-refractivity contribution in [3.63, 3.8) is 0 Å². The second-order valence-corrected chi connectivity index (χ2v) is 18.3. The molecule has 0 aliphatic carbocycles. The van der Waals surface area contributed by atoms with Crippen molar-refractivity contribution in [2.45, 2.75) is 269 Å². The molecule has 0 aromatic rings. The molecule has 1 saturated heterocycles. The van der Waals surface area contributed by atoms with Crippen LogP contribution in [0.15, 0.2) is 60.8 Å². The number of nitrogens with one attached hydrogen (secondary N) is 1. The number of unbranched alkanes of at least 4 members (excludes halogenated alkanes) is 27. The highest BCUT2D eigenvalue weighted by molar-refractivity contribution is 5.76. The first-order valence-electron chi connectivity index (χ1n) is 26.5. The van der Waals surface area contributed by atoms with Crippen LogP contribution in [-0.4, -0.2) is 87.5 Å². The summed E-state index contributed by atoms with van der Waals surface area (Å²) in [6.45, 7) is 3.73. The molecule has 6 N–H and O–H groups in total. The van der Waals surface area contributed by atoms with Crippen LogP contribution in [0.4, 0.5) is 0 Å². The van der Waals surface area contributed by atoms with E-state index in [4.69, 9.17) is 9.47 Å². The third kappa shape index (κ3) is 34.2. The van der Waals surface area contributed by atoms with Crippen molar-refractivity contribution in [1.29, 1.82) is 0 Å². The lowest BCUT2D eigenvalue weighted by molar-refractivity contribution is -0.302. The Kier molecular flexibility index (Phi) is 41.9. The second kappa shape index (κ2) is 44.7. The third-order valence-corrected chi connectivity index (χ3v) is 12.3. The van der Waals surface area contributed by atoms with Gasteiger partial charge in [0.2, 0.25) is 5.91 Å². The summed E-state index contributed by atoms with van der Waals surface area (Å²) in [5, 5.41) is 54.4. The minimum absolute atomic E-state index is 0.196. The summed E-state index contributed by atoms with van der Waals surface area (Å²) >= 11 is 0. The summed E-state index contributed by atoms with van der Waals surface area (Å²) < 4.78 is 11.2. The van der Waals surface area contributed by atoms with Crippen LogP contribution in [-0.2, 0) is 14.3 Å². The van der Waals surface area contributed by atoms with E-state index in [0.717, 1.165) is 51.4 Å². The van der Waals surface area contributed by atoms with E-state index in [1.807, 2.05) is 6.08 Å². The zero-order chi connectivity index (χ0) is 46.6. The number of allylic oxidation sites excluding steroid dienone is 9. The molecule has 9 nitrogen and oxygen atoms in total. The van der Waals surface area contributed by atoms with Crippen LogP contribution in [0.2, 0.25) is 0 Å². The van der Waals surface area contributed by atoms with Crippen LogP contribution < -0.4 is 5.32 Å². The fourth-order valence-electron chi connectivity index (χ4n) is 8.06. The van der Waals surface area contributed by atoms with Crippen LogP contribution in [0.1, 0.15) is 226 Å². The lowest BCUT2D eigenvalue weighted by Crippen LogP contribution is -2.60. The number of carbonyl (C=O) groups excluding carboxylic acids is 1. The molecular formula is C55H99NO8. The van der Waals surface area contributed by atoms with Crippen LogP contribution >= 0.6 is 0 Å². The topological polar surface area (TPSA) is 149 Å². The van der Waals surface area contributed by atoms with Crippen molar-refractivity contribution in [2.24, 2.45) is 0 Å². The number of hydrogen-bond donors (Lipinski definition) is 6. The standard InChI is InChI=1S/C55H99NO8/c1-3-5-7-9-11-13-15-17-19-21-23-24-25-27-28-30-32-34-36-38-40-42-44-49(58)48(47-63-55-54(62)53(61)52(60)50(46-57)64-55)56-51(59)45-43-41-39-37-35-33-31-29-26-22-20-18-16-14-12-10-8-6-4-2/h12,14,16,18,27-28,34,36,42,44,48-50,52-55,57-58,60-62H,3-11,13,15,17,19-26,29-33,35,37-41,43,45-47H2,1-2H3,(H,56,59)/b14-12-,18-16-,28-27+,36-34+,44-42+. The normalized spacial score (nSPS) is 20.5. The number of aliphatic hydroxyl groups excluding tert-OH is 5. The predicted molar refractivity (Wildman–Crippen MR) is 267 cm³/mol. The van der Waals surface area contributed by atoms with Crippen molar-refractivity contribution in [3.05, 3.63) is 60.8 Å². The molecule has 7 atom stereocenters. The maximum absolute atomic E-state index is 13.0. The highest BCUT2D eigenvalue weighted by Crippen LogP contribution is 2.23. The van der Waals surface area contributed by atoms with E-state index < -0.39 is 49.5 Å². The first kappa shape index (κ1) is 59.9. The maximum atomic E-state index is 13.0. The first-order chi connectivity index (χ1) is 31.3. The number of hydrogen-bond acceptors (Lipinski definition) is 8. The number of carbonyl (C=O) groups is 1. The fraction of sp³-hybridized carbons (Fsp3) is 0.800. The molecule has 1 aliphatic rings. The van der Waals surface area contributed by atoms with Gasteiger partial charge in [-0.1, -0.05) is 209 Å². The Hall–Kier alpha value is -2.11. The first-order valence-corrected chi connectivity index (χ1v) is 26.5. The molecule has 372 valence electrons. The van der Waals surface area contributed by atoms with Gasteiger partial charge >= 0.3 is 0 Å². The number of ether oxygens (including phenoxy) is 2. The Bertz CT molecular complexity index is 1180. The Morgan fingerprint density at radius 1 is 0.531 bits per heavy atom. The number of amides is 1. The molecule has 1 aliphatic heterocycles. The van der Waals surface area contributed by atoms with Crippen molar-refractivity contribution in [2.75, 3.05) is 13.2 Å². The Morgan fingerprint density at radius 3 is 1.44 bits per heavy atom. The van der Waals surface area contributed by atoms with Gasteiger partial charge in [-0.3, -0.25) is 4.79 Å². The minimum atomic E-state index is -1.58. The maximum Gasteiger partial charge on any atom is 0.220 e. The second-order valence-electron chi connectivity index (χ2n) is 18.3. The summed E-state index contributed by atoms with van der Waals surface area (Å²) in [5.41, 5.74) is 0. The van der Waals surface area contributed by atoms with Crippen LogP contribution in [0.25, 0.3) is 0 Å². The lowest BCUT2D eigenvalue weighted by Gasteiger charge is -2.40. The zero-order valence-electron chi connectivity index (χ0n) is 41.0. The van der Waals surface area contributed by atoms with Gasteiger partial charge in [-0.2, -0.15) is 0 Å². The van der Waals surface area contributed by atoms with Gasteiger partial charge in [-0.05, 0) is 70.6 Å². The van der Waals surface area contributed by atoms with Gasteiger partial charge in [-0.15, -0.1) is 0 Å². The molecule has 0 bridgehead atoms. The molecule has 64 heavy (non-hydrogen) atoms. The van der Waals surface area contributed by atoms with E-state index in [0.29, 0.717) is 6.42 Å². The fourth-order valence-corrected chi connectivity index (χ4v) is 8.06. The SMILES string of the molecule is CCCCC/C=C\C=C/CCCCCCCCCCCCC(=O)NC(COC1OC(CO)C(O)C(O)C1O)C(O)/C=C/CC/C=C/CC/C=C/CCCCCCCCCCCCCC. The lowest BCUT2D eigenvalue weighted by atomic mass is 9.99. The average Bonchev–Trinajstić information content (AvgIpc) is 3.29. The molecule has 0 saturated carbocycles. The van der Waals surface area contributed by atoms with Gasteiger partial charge < -0.3 is 40.3 Å². The molecule has 9 heteroatoms. The molecule has 7 unspecified atom stereocenters. The van der Waals surface area contributed by atoms with Crippen LogP contribution in [0.3, 0.4) is 0 Å². The highest BCUT2D eigenvalue weighted by Gasteiger charge is 2.44. The summed E-state index contributed by atoms with van der Waals surface area (Å²) in [6, 6.07) is -0.832. The number of aliphatic hydroxyl groups is 5. The Morgan fingerprint density at radius 2 is 0.938 bits per heavy atom. The molecule has 0 aromatic carbocycles. The summed E-state index contributed by atoms with van der Waals surface area (Å²) in [5.74, 6) is -0.196.